The van der Waals surface area contributed by atoms with E-state index in [1.807, 2.05) is 0 Å². The predicted octanol–water partition coefficient (Wildman–Crippen LogP) is 10.9. The van der Waals surface area contributed by atoms with Gasteiger partial charge in [-0.05, 0) is 58.7 Å². The van der Waals surface area contributed by atoms with Crippen LogP contribution in [0.15, 0.2) is 188 Å². The Hall–Kier alpha value is -5.86. The molecule has 0 unspecified atom stereocenters. The molecule has 0 aliphatic heterocycles. The minimum Gasteiger partial charge on any atom is -0.355 e. The maximum atomic E-state index is 3.87. The zero-order valence-electron chi connectivity index (χ0n) is 24.8. The third-order valence-electron chi connectivity index (χ3n) is 8.91. The average Bonchev–Trinajstić information content (AvgIpc) is 3.45. The molecule has 8 aromatic rings. The molecule has 0 aliphatic rings. The largest absolute Gasteiger partial charge is 0.355 e. The number of para-hydroxylation sites is 3. The van der Waals surface area contributed by atoms with Crippen LogP contribution in [0.25, 0.3) is 27.5 Å². The van der Waals surface area contributed by atoms with E-state index in [4.69, 9.17) is 0 Å². The van der Waals surface area contributed by atoms with Gasteiger partial charge in [0.05, 0.1) is 16.4 Å². The molecule has 45 heavy (non-hydrogen) atoms. The first-order valence-corrected chi connectivity index (χ1v) is 15.5. The average molecular weight is 577 g/mol. The number of rotatable bonds is 7. The fourth-order valence-electron chi connectivity index (χ4n) is 7.03. The summed E-state index contributed by atoms with van der Waals surface area (Å²) in [5.41, 5.74) is 9.92. The van der Waals surface area contributed by atoms with E-state index in [9.17, 15) is 0 Å². The van der Waals surface area contributed by atoms with Crippen LogP contribution >= 0.6 is 0 Å². The lowest BCUT2D eigenvalue weighted by Gasteiger charge is -2.38. The van der Waals surface area contributed by atoms with Crippen LogP contribution in [0.1, 0.15) is 22.3 Å². The third kappa shape index (κ3) is 4.51. The van der Waals surface area contributed by atoms with Crippen LogP contribution in [-0.4, -0.2) is 4.57 Å². The first-order valence-electron chi connectivity index (χ1n) is 15.5. The number of fused-ring (bicyclic) bond motifs is 3. The summed E-state index contributed by atoms with van der Waals surface area (Å²) in [4.78, 5) is 0. The monoisotopic (exact) mass is 576 g/mol. The number of benzene rings is 7. The van der Waals surface area contributed by atoms with Crippen molar-refractivity contribution in [3.05, 3.63) is 210 Å². The Balaban J connectivity index is 1.32. The minimum atomic E-state index is -0.544. The minimum absolute atomic E-state index is 0.544. The molecule has 0 saturated carbocycles. The van der Waals surface area contributed by atoms with E-state index in [0.29, 0.717) is 0 Å². The Kier molecular flexibility index (Phi) is 6.73. The lowest BCUT2D eigenvalue weighted by Crippen LogP contribution is -2.31. The zero-order valence-corrected chi connectivity index (χ0v) is 24.8. The zero-order chi connectivity index (χ0) is 30.1. The van der Waals surface area contributed by atoms with Gasteiger partial charge in [0.2, 0.25) is 0 Å². The molecule has 2 heteroatoms. The molecule has 0 spiro atoms. The number of aromatic nitrogens is 1. The lowest BCUT2D eigenvalue weighted by molar-refractivity contribution is 0.747. The lowest BCUT2D eigenvalue weighted by atomic mass is 9.64. The maximum Gasteiger partial charge on any atom is 0.0721 e. The summed E-state index contributed by atoms with van der Waals surface area (Å²) in [5.74, 6) is 0. The second-order valence-electron chi connectivity index (χ2n) is 11.4. The van der Waals surface area contributed by atoms with Crippen molar-refractivity contribution >= 4 is 33.2 Å². The SMILES string of the molecule is c1ccc(C(c2ccccc2)(c2ccccc2)c2ccccc2Nc2cccc(-n3c4ccccc4c4ccccc43)c2)cc1. The fraction of sp³-hybridized carbons (Fsp3) is 0.0233. The van der Waals surface area contributed by atoms with Gasteiger partial charge in [0.15, 0.2) is 0 Å². The summed E-state index contributed by atoms with van der Waals surface area (Å²) >= 11 is 0. The van der Waals surface area contributed by atoms with Gasteiger partial charge in [0.25, 0.3) is 0 Å². The summed E-state index contributed by atoms with van der Waals surface area (Å²) in [6.07, 6.45) is 0. The number of anilines is 2. The number of hydrogen-bond donors (Lipinski definition) is 1. The highest BCUT2D eigenvalue weighted by atomic mass is 15.0. The van der Waals surface area contributed by atoms with Gasteiger partial charge in [-0.25, -0.2) is 0 Å². The fourth-order valence-corrected chi connectivity index (χ4v) is 7.03. The molecular formula is C43H32N2. The number of nitrogens with zero attached hydrogens (tertiary/aromatic N) is 1. The first kappa shape index (κ1) is 26.7. The molecule has 0 aliphatic carbocycles. The molecule has 0 saturated heterocycles. The molecule has 0 amide bonds. The molecule has 1 aromatic heterocycles. The second kappa shape index (κ2) is 11.3. The van der Waals surface area contributed by atoms with Crippen LogP contribution in [0, 0.1) is 0 Å². The third-order valence-corrected chi connectivity index (χ3v) is 8.91. The normalized spacial score (nSPS) is 11.6. The van der Waals surface area contributed by atoms with Gasteiger partial charge >= 0.3 is 0 Å². The van der Waals surface area contributed by atoms with Gasteiger partial charge in [-0.3, -0.25) is 0 Å². The molecule has 0 fully saturated rings. The van der Waals surface area contributed by atoms with Crippen molar-refractivity contribution in [3.8, 4) is 5.69 Å². The van der Waals surface area contributed by atoms with Gasteiger partial charge in [0.1, 0.15) is 0 Å². The van der Waals surface area contributed by atoms with Crippen molar-refractivity contribution in [1.82, 2.24) is 4.57 Å². The van der Waals surface area contributed by atoms with Crippen molar-refractivity contribution in [2.75, 3.05) is 5.32 Å². The summed E-state index contributed by atoms with van der Waals surface area (Å²) in [6.45, 7) is 0. The molecule has 0 bridgehead atoms. The van der Waals surface area contributed by atoms with Crippen molar-refractivity contribution in [3.63, 3.8) is 0 Å². The standard InChI is InChI=1S/C43H32N2/c1-4-17-32(18-5-1)43(33-19-6-2-7-20-33,34-21-8-3-9-22-34)39-27-12-13-28-40(39)44-35-23-16-24-36(31-35)45-41-29-14-10-25-37(41)38-26-11-15-30-42(38)45/h1-31,44H. The van der Waals surface area contributed by atoms with E-state index in [1.165, 1.54) is 44.1 Å². The molecule has 2 nitrogen and oxygen atoms in total. The van der Waals surface area contributed by atoms with Crippen LogP contribution in [0.4, 0.5) is 11.4 Å². The maximum absolute atomic E-state index is 3.87. The van der Waals surface area contributed by atoms with Crippen molar-refractivity contribution < 1.29 is 0 Å². The Labute approximate surface area is 263 Å². The van der Waals surface area contributed by atoms with E-state index in [-0.39, 0.29) is 0 Å². The van der Waals surface area contributed by atoms with E-state index in [0.717, 1.165) is 17.1 Å². The molecule has 214 valence electrons. The van der Waals surface area contributed by atoms with E-state index < -0.39 is 5.41 Å². The van der Waals surface area contributed by atoms with E-state index in [2.05, 4.69) is 198 Å². The smallest absolute Gasteiger partial charge is 0.0721 e. The Morgan fingerprint density at radius 2 is 0.867 bits per heavy atom. The highest BCUT2D eigenvalue weighted by Gasteiger charge is 2.39. The van der Waals surface area contributed by atoms with Crippen LogP contribution in [0.5, 0.6) is 0 Å². The van der Waals surface area contributed by atoms with Gasteiger partial charge < -0.3 is 9.88 Å². The number of hydrogen-bond acceptors (Lipinski definition) is 1. The van der Waals surface area contributed by atoms with Crippen LogP contribution in [0.3, 0.4) is 0 Å². The van der Waals surface area contributed by atoms with Gasteiger partial charge in [0, 0.05) is 27.8 Å². The molecule has 1 heterocycles. The highest BCUT2D eigenvalue weighted by molar-refractivity contribution is 6.09. The van der Waals surface area contributed by atoms with E-state index >= 15 is 0 Å². The predicted molar refractivity (Wildman–Crippen MR) is 189 cm³/mol. The summed E-state index contributed by atoms with van der Waals surface area (Å²) in [6, 6.07) is 67.4. The van der Waals surface area contributed by atoms with Crippen LogP contribution < -0.4 is 5.32 Å². The highest BCUT2D eigenvalue weighted by Crippen LogP contribution is 2.48. The molecule has 0 atom stereocenters. The van der Waals surface area contributed by atoms with Crippen LogP contribution in [-0.2, 0) is 5.41 Å². The Morgan fingerprint density at radius 3 is 1.42 bits per heavy atom. The first-order chi connectivity index (χ1) is 22.3. The van der Waals surface area contributed by atoms with Gasteiger partial charge in [-0.2, -0.15) is 0 Å². The van der Waals surface area contributed by atoms with Gasteiger partial charge in [-0.15, -0.1) is 0 Å². The second-order valence-corrected chi connectivity index (χ2v) is 11.4. The number of nitrogens with one attached hydrogen (secondary N) is 1. The molecule has 1 N–H and O–H groups in total. The molecule has 0 radical (unpaired) electrons. The Bertz CT molecular complexity index is 2080. The topological polar surface area (TPSA) is 17.0 Å². The summed E-state index contributed by atoms with van der Waals surface area (Å²) < 4.78 is 2.37. The summed E-state index contributed by atoms with van der Waals surface area (Å²) in [5, 5.41) is 6.39. The summed E-state index contributed by atoms with van der Waals surface area (Å²) in [7, 11) is 0. The van der Waals surface area contributed by atoms with Crippen molar-refractivity contribution in [2.24, 2.45) is 0 Å². The van der Waals surface area contributed by atoms with Crippen molar-refractivity contribution in [2.45, 2.75) is 5.41 Å². The van der Waals surface area contributed by atoms with E-state index in [1.54, 1.807) is 0 Å². The molecular weight excluding hydrogens is 544 g/mol. The quantitative estimate of drug-likeness (QED) is 0.187. The van der Waals surface area contributed by atoms with Gasteiger partial charge in [-0.1, -0.05) is 152 Å². The van der Waals surface area contributed by atoms with Crippen molar-refractivity contribution in [1.29, 1.82) is 0 Å². The Morgan fingerprint density at radius 1 is 0.400 bits per heavy atom. The molecule has 7 aromatic carbocycles. The molecule has 8 rings (SSSR count). The van der Waals surface area contributed by atoms with Crippen LogP contribution in [0.2, 0.25) is 0 Å².